The van der Waals surface area contributed by atoms with Crippen molar-refractivity contribution in [2.75, 3.05) is 16.8 Å². The number of halogens is 1. The van der Waals surface area contributed by atoms with Crippen LogP contribution in [0.25, 0.3) is 11.3 Å². The number of hydrogen-bond donors (Lipinski definition) is 1. The number of nitrogens with zero attached hydrogens (tertiary/aromatic N) is 6. The highest BCUT2D eigenvalue weighted by molar-refractivity contribution is 5.83. The second-order valence-corrected chi connectivity index (χ2v) is 7.64. The van der Waals surface area contributed by atoms with Gasteiger partial charge >= 0.3 is 0 Å². The zero-order valence-electron chi connectivity index (χ0n) is 18.5. The molecule has 3 heterocycles. The van der Waals surface area contributed by atoms with Crippen molar-refractivity contribution >= 4 is 17.9 Å². The summed E-state index contributed by atoms with van der Waals surface area (Å²) in [6.07, 6.45) is 6.40. The van der Waals surface area contributed by atoms with Gasteiger partial charge in [0, 0.05) is 32.2 Å². The molecule has 1 amide bonds. The number of carbonyl (C=O) groups excluding carboxylic acids is 1. The lowest BCUT2D eigenvalue weighted by atomic mass is 10.1. The standard InChI is InChI=1S/C25H22FN7O/c1-32-16-21(23(13-27)31-32)22-7-8-24(33(17-34)15-19-5-3-10-28-14-19)25(30-22)29-11-9-18-4-2-6-20(26)12-18/h2-8,10,12,14,16-17H,9,11,15H2,1H3,(H,29,30). The Labute approximate surface area is 196 Å². The van der Waals surface area contributed by atoms with Crippen LogP contribution >= 0.6 is 0 Å². The van der Waals surface area contributed by atoms with Gasteiger partial charge in [0.1, 0.15) is 11.9 Å². The van der Waals surface area contributed by atoms with Crippen LogP contribution in [0.1, 0.15) is 16.8 Å². The van der Waals surface area contributed by atoms with Gasteiger partial charge in [0.05, 0.1) is 23.5 Å². The number of pyridine rings is 2. The van der Waals surface area contributed by atoms with Crippen LogP contribution in [0.4, 0.5) is 15.9 Å². The fourth-order valence-electron chi connectivity index (χ4n) is 3.61. The van der Waals surface area contributed by atoms with E-state index < -0.39 is 0 Å². The Kier molecular flexibility index (Phi) is 6.89. The normalized spacial score (nSPS) is 10.5. The molecule has 1 aromatic carbocycles. The molecule has 8 nitrogen and oxygen atoms in total. The maximum atomic E-state index is 13.5. The van der Waals surface area contributed by atoms with E-state index >= 15 is 0 Å². The Morgan fingerprint density at radius 3 is 2.79 bits per heavy atom. The highest BCUT2D eigenvalue weighted by Gasteiger charge is 2.17. The lowest BCUT2D eigenvalue weighted by Crippen LogP contribution is -2.23. The monoisotopic (exact) mass is 455 g/mol. The van der Waals surface area contributed by atoms with E-state index in [4.69, 9.17) is 4.98 Å². The summed E-state index contributed by atoms with van der Waals surface area (Å²) >= 11 is 0. The highest BCUT2D eigenvalue weighted by atomic mass is 19.1. The summed E-state index contributed by atoms with van der Waals surface area (Å²) in [5.41, 5.74) is 3.68. The molecule has 0 atom stereocenters. The number of aryl methyl sites for hydroxylation is 1. The van der Waals surface area contributed by atoms with E-state index in [2.05, 4.69) is 21.5 Å². The fraction of sp³-hybridized carbons (Fsp3) is 0.160. The van der Waals surface area contributed by atoms with Gasteiger partial charge in [-0.3, -0.25) is 14.5 Å². The maximum Gasteiger partial charge on any atom is 0.214 e. The van der Waals surface area contributed by atoms with Gasteiger partial charge in [0.2, 0.25) is 6.41 Å². The largest absolute Gasteiger partial charge is 0.368 e. The number of nitrogens with one attached hydrogen (secondary N) is 1. The minimum absolute atomic E-state index is 0.260. The molecule has 170 valence electrons. The molecule has 4 rings (SSSR count). The number of amides is 1. The molecule has 0 aliphatic rings. The van der Waals surface area contributed by atoms with Crippen molar-refractivity contribution in [2.45, 2.75) is 13.0 Å². The fourth-order valence-corrected chi connectivity index (χ4v) is 3.61. The Morgan fingerprint density at radius 1 is 1.21 bits per heavy atom. The predicted molar refractivity (Wildman–Crippen MR) is 126 cm³/mol. The summed E-state index contributed by atoms with van der Waals surface area (Å²) < 4.78 is 15.1. The van der Waals surface area contributed by atoms with Crippen LogP contribution in [-0.4, -0.2) is 32.7 Å². The van der Waals surface area contributed by atoms with Crippen LogP contribution in [-0.2, 0) is 24.8 Å². The molecular weight excluding hydrogens is 433 g/mol. The Balaban J connectivity index is 1.66. The number of benzene rings is 1. The molecule has 0 aliphatic heterocycles. The smallest absolute Gasteiger partial charge is 0.214 e. The van der Waals surface area contributed by atoms with E-state index in [1.165, 1.54) is 17.0 Å². The number of carbonyl (C=O) groups is 1. The molecule has 0 spiro atoms. The van der Waals surface area contributed by atoms with Gasteiger partial charge in [-0.2, -0.15) is 10.4 Å². The first-order valence-electron chi connectivity index (χ1n) is 10.6. The van der Waals surface area contributed by atoms with Crippen LogP contribution < -0.4 is 10.2 Å². The van der Waals surface area contributed by atoms with E-state index in [0.29, 0.717) is 42.3 Å². The average molecular weight is 455 g/mol. The lowest BCUT2D eigenvalue weighted by Gasteiger charge is -2.21. The van der Waals surface area contributed by atoms with Gasteiger partial charge in [-0.05, 0) is 47.9 Å². The molecule has 0 bridgehead atoms. The summed E-state index contributed by atoms with van der Waals surface area (Å²) in [6.45, 7) is 0.776. The van der Waals surface area contributed by atoms with Crippen molar-refractivity contribution in [1.29, 1.82) is 5.26 Å². The molecule has 1 N–H and O–H groups in total. The Hall–Kier alpha value is -4.58. The van der Waals surface area contributed by atoms with Crippen LogP contribution in [0.5, 0.6) is 0 Å². The molecule has 34 heavy (non-hydrogen) atoms. The van der Waals surface area contributed by atoms with Gasteiger partial charge in [-0.15, -0.1) is 0 Å². The number of rotatable bonds is 9. The third-order valence-electron chi connectivity index (χ3n) is 5.19. The zero-order valence-corrected chi connectivity index (χ0v) is 18.5. The molecule has 0 fully saturated rings. The zero-order chi connectivity index (χ0) is 23.9. The summed E-state index contributed by atoms with van der Waals surface area (Å²) in [5.74, 6) is 0.181. The van der Waals surface area contributed by atoms with Crippen LogP contribution in [0.15, 0.2) is 67.1 Å². The van der Waals surface area contributed by atoms with Gasteiger partial charge in [-0.1, -0.05) is 18.2 Å². The van der Waals surface area contributed by atoms with E-state index in [1.807, 2.05) is 18.2 Å². The first-order chi connectivity index (χ1) is 16.6. The topological polar surface area (TPSA) is 99.7 Å². The molecule has 4 aromatic rings. The molecule has 0 saturated heterocycles. The molecule has 0 aliphatic carbocycles. The van der Waals surface area contributed by atoms with Crippen molar-refractivity contribution < 1.29 is 9.18 Å². The van der Waals surface area contributed by atoms with E-state index in [9.17, 15) is 14.4 Å². The molecule has 0 saturated carbocycles. The van der Waals surface area contributed by atoms with Gasteiger partial charge in [-0.25, -0.2) is 9.37 Å². The average Bonchev–Trinajstić information content (AvgIpc) is 3.24. The van der Waals surface area contributed by atoms with Gasteiger partial charge < -0.3 is 10.2 Å². The maximum absolute atomic E-state index is 13.5. The van der Waals surface area contributed by atoms with E-state index in [1.54, 1.807) is 48.5 Å². The minimum atomic E-state index is -0.289. The van der Waals surface area contributed by atoms with E-state index in [-0.39, 0.29) is 11.5 Å². The SMILES string of the molecule is Cn1cc(-c2ccc(N(C=O)Cc3cccnc3)c(NCCc3cccc(F)c3)n2)c(C#N)n1. The molecule has 9 heteroatoms. The van der Waals surface area contributed by atoms with Crippen LogP contribution in [0.2, 0.25) is 0 Å². The third kappa shape index (κ3) is 5.24. The summed E-state index contributed by atoms with van der Waals surface area (Å²) in [6, 6.07) is 15.7. The number of hydrogen-bond acceptors (Lipinski definition) is 6. The first-order valence-corrected chi connectivity index (χ1v) is 10.6. The van der Waals surface area contributed by atoms with E-state index in [0.717, 1.165) is 17.5 Å². The molecule has 0 radical (unpaired) electrons. The Morgan fingerprint density at radius 2 is 2.06 bits per heavy atom. The number of nitriles is 1. The molecule has 3 aromatic heterocycles. The highest BCUT2D eigenvalue weighted by Crippen LogP contribution is 2.30. The van der Waals surface area contributed by atoms with Crippen molar-refractivity contribution in [2.24, 2.45) is 7.05 Å². The Bertz CT molecular complexity index is 1330. The van der Waals surface area contributed by atoms with Gasteiger partial charge in [0.15, 0.2) is 11.5 Å². The number of aromatic nitrogens is 4. The van der Waals surface area contributed by atoms with Crippen molar-refractivity contribution in [3.63, 3.8) is 0 Å². The van der Waals surface area contributed by atoms with Crippen molar-refractivity contribution in [3.8, 4) is 17.3 Å². The third-order valence-corrected chi connectivity index (χ3v) is 5.19. The molecule has 0 unspecified atom stereocenters. The first kappa shape index (κ1) is 22.6. The minimum Gasteiger partial charge on any atom is -0.368 e. The molecular formula is C25H22FN7O. The summed E-state index contributed by atoms with van der Waals surface area (Å²) in [4.78, 5) is 22.4. The van der Waals surface area contributed by atoms with Crippen molar-refractivity contribution in [1.82, 2.24) is 19.7 Å². The second kappa shape index (κ2) is 10.4. The van der Waals surface area contributed by atoms with Crippen LogP contribution in [0.3, 0.4) is 0 Å². The summed E-state index contributed by atoms with van der Waals surface area (Å²) in [7, 11) is 1.74. The lowest BCUT2D eigenvalue weighted by molar-refractivity contribution is -0.107. The quantitative estimate of drug-likeness (QED) is 0.386. The van der Waals surface area contributed by atoms with Crippen molar-refractivity contribution in [3.05, 3.63) is 89.8 Å². The predicted octanol–water partition coefficient (Wildman–Crippen LogP) is 3.71. The van der Waals surface area contributed by atoms with Gasteiger partial charge in [0.25, 0.3) is 0 Å². The summed E-state index contributed by atoms with van der Waals surface area (Å²) in [5, 5.41) is 16.9. The second-order valence-electron chi connectivity index (χ2n) is 7.64. The number of anilines is 2. The van der Waals surface area contributed by atoms with Crippen LogP contribution in [0, 0.1) is 17.1 Å².